The number of ether oxygens (including phenoxy) is 1. The molecule has 0 aromatic rings. The predicted molar refractivity (Wildman–Crippen MR) is 123 cm³/mol. The molecular formula is C27H37FO6. The maximum absolute atomic E-state index is 17.8. The van der Waals surface area contributed by atoms with Crippen LogP contribution < -0.4 is 0 Å². The first-order valence-electron chi connectivity index (χ1n) is 12.6. The van der Waals surface area contributed by atoms with Gasteiger partial charge in [0.05, 0.1) is 0 Å². The summed E-state index contributed by atoms with van der Waals surface area (Å²) in [6, 6.07) is 0. The predicted octanol–water partition coefficient (Wildman–Crippen LogP) is 3.64. The average Bonchev–Trinajstić information content (AvgIpc) is 3.00. The van der Waals surface area contributed by atoms with Gasteiger partial charge in [-0.2, -0.15) is 0 Å². The van der Waals surface area contributed by atoms with Gasteiger partial charge in [-0.15, -0.1) is 0 Å². The quantitative estimate of drug-likeness (QED) is 0.568. The molecule has 0 aromatic carbocycles. The van der Waals surface area contributed by atoms with Crippen LogP contribution in [0.4, 0.5) is 4.39 Å². The summed E-state index contributed by atoms with van der Waals surface area (Å²) in [6.07, 6.45) is 6.25. The fourth-order valence-electron chi connectivity index (χ4n) is 7.89. The first-order valence-corrected chi connectivity index (χ1v) is 12.6. The van der Waals surface area contributed by atoms with Gasteiger partial charge < -0.3 is 14.9 Å². The van der Waals surface area contributed by atoms with Crippen molar-refractivity contribution >= 4 is 17.5 Å². The molecule has 0 aromatic heterocycles. The lowest BCUT2D eigenvalue weighted by molar-refractivity contribution is -0.230. The molecule has 0 unspecified atom stereocenters. The molecule has 0 saturated heterocycles. The number of hydrogen-bond donors (Lipinski definition) is 2. The molecule has 3 fully saturated rings. The Bertz CT molecular complexity index is 957. The Morgan fingerprint density at radius 2 is 1.97 bits per heavy atom. The van der Waals surface area contributed by atoms with Crippen LogP contribution in [0.3, 0.4) is 0 Å². The van der Waals surface area contributed by atoms with Gasteiger partial charge in [-0.1, -0.05) is 38.8 Å². The van der Waals surface area contributed by atoms with Crippen LogP contribution in [0.2, 0.25) is 0 Å². The number of aliphatic hydroxyl groups excluding tert-OH is 1. The SMILES string of the molecule is CCCCC(=O)O[C@H]1C[C@@]2(C)[C@@H](C[C@H](C)[C@]2(O)C(=O)CO)[C@@H]2CCC3=CC(=O)C=C[C@]3(C)[C@@]12F. The van der Waals surface area contributed by atoms with Gasteiger partial charge in [0.15, 0.2) is 17.2 Å². The first-order chi connectivity index (χ1) is 15.9. The fraction of sp³-hybridized carbons (Fsp3) is 0.741. The molecule has 6 nitrogen and oxygen atoms in total. The van der Waals surface area contributed by atoms with E-state index in [0.29, 0.717) is 31.3 Å². The maximum Gasteiger partial charge on any atom is 0.306 e. The Morgan fingerprint density at radius 1 is 1.26 bits per heavy atom. The lowest BCUT2D eigenvalue weighted by Gasteiger charge is -2.63. The second kappa shape index (κ2) is 8.37. The minimum atomic E-state index is -1.99. The number of esters is 1. The van der Waals surface area contributed by atoms with E-state index in [2.05, 4.69) is 0 Å². The normalized spacial score (nSPS) is 45.1. The number of Topliss-reactive ketones (excluding diaryl/α,β-unsaturated/α-hetero) is 1. The van der Waals surface area contributed by atoms with E-state index in [1.807, 2.05) is 6.92 Å². The van der Waals surface area contributed by atoms with Crippen molar-refractivity contribution in [2.24, 2.45) is 28.6 Å². The molecule has 0 bridgehead atoms. The van der Waals surface area contributed by atoms with Gasteiger partial charge >= 0.3 is 5.97 Å². The topological polar surface area (TPSA) is 101 Å². The van der Waals surface area contributed by atoms with Crippen LogP contribution in [0.25, 0.3) is 0 Å². The van der Waals surface area contributed by atoms with E-state index < -0.39 is 58.4 Å². The van der Waals surface area contributed by atoms with E-state index >= 15 is 4.39 Å². The summed E-state index contributed by atoms with van der Waals surface area (Å²) in [7, 11) is 0. The standard InChI is InChI=1S/C27H37FO6/c1-5-6-7-23(32)34-22-14-25(4)20(12-16(2)27(25,33)21(31)15-29)19-9-8-17-13-18(30)10-11-24(17,3)26(19,22)28/h10-11,13,16,19-20,22,29,33H,5-9,12,14-15H2,1-4H3/t16-,19-,20-,22-,24-,25-,26-,27-/m0/s1. The van der Waals surface area contributed by atoms with Gasteiger partial charge in [0, 0.05) is 23.2 Å². The van der Waals surface area contributed by atoms with Gasteiger partial charge in [0.2, 0.25) is 0 Å². The molecule has 188 valence electrons. The van der Waals surface area contributed by atoms with Crippen LogP contribution in [0.15, 0.2) is 23.8 Å². The first kappa shape index (κ1) is 25.2. The zero-order valence-electron chi connectivity index (χ0n) is 20.6. The van der Waals surface area contributed by atoms with Crippen molar-refractivity contribution in [1.29, 1.82) is 0 Å². The lowest BCUT2D eigenvalue weighted by atomic mass is 9.44. The van der Waals surface area contributed by atoms with Crippen LogP contribution >= 0.6 is 0 Å². The molecule has 34 heavy (non-hydrogen) atoms. The third kappa shape index (κ3) is 3.15. The van der Waals surface area contributed by atoms with E-state index in [1.54, 1.807) is 26.8 Å². The molecule has 4 rings (SSSR count). The number of allylic oxidation sites excluding steroid dienone is 4. The molecular weight excluding hydrogens is 439 g/mol. The zero-order valence-corrected chi connectivity index (χ0v) is 20.6. The van der Waals surface area contributed by atoms with Gasteiger partial charge in [0.1, 0.15) is 18.3 Å². The van der Waals surface area contributed by atoms with Crippen molar-refractivity contribution in [2.75, 3.05) is 6.61 Å². The summed E-state index contributed by atoms with van der Waals surface area (Å²) in [6.45, 7) is 6.48. The van der Waals surface area contributed by atoms with E-state index in [0.717, 1.165) is 6.42 Å². The highest BCUT2D eigenvalue weighted by Gasteiger charge is 2.76. The number of ketones is 2. The third-order valence-electron chi connectivity index (χ3n) is 9.78. The molecule has 7 heteroatoms. The summed E-state index contributed by atoms with van der Waals surface area (Å²) in [5.41, 5.74) is -5.32. The highest BCUT2D eigenvalue weighted by atomic mass is 19.1. The molecule has 2 N–H and O–H groups in total. The van der Waals surface area contributed by atoms with E-state index in [9.17, 15) is 24.6 Å². The molecule has 8 atom stereocenters. The van der Waals surface area contributed by atoms with Crippen molar-refractivity contribution in [3.63, 3.8) is 0 Å². The summed E-state index contributed by atoms with van der Waals surface area (Å²) in [4.78, 5) is 37.8. The molecule has 3 saturated carbocycles. The number of carbonyl (C=O) groups excluding carboxylic acids is 3. The van der Waals surface area contributed by atoms with E-state index in [-0.39, 0.29) is 24.5 Å². The Kier molecular flexibility index (Phi) is 6.21. The van der Waals surface area contributed by atoms with Gasteiger partial charge in [-0.05, 0) is 63.0 Å². The van der Waals surface area contributed by atoms with Crippen molar-refractivity contribution in [2.45, 2.75) is 90.0 Å². The number of aliphatic hydroxyl groups is 2. The number of rotatable bonds is 6. The van der Waals surface area contributed by atoms with Gasteiger partial charge in [-0.3, -0.25) is 14.4 Å². The highest BCUT2D eigenvalue weighted by Crippen LogP contribution is 2.71. The van der Waals surface area contributed by atoms with Crippen molar-refractivity contribution in [3.05, 3.63) is 23.8 Å². The molecule has 4 aliphatic carbocycles. The summed E-state index contributed by atoms with van der Waals surface area (Å²) in [5.74, 6) is -2.75. The van der Waals surface area contributed by atoms with Crippen molar-refractivity contribution in [3.8, 4) is 0 Å². The number of hydrogen-bond acceptors (Lipinski definition) is 6. The number of unbranched alkanes of at least 4 members (excludes halogenated alkanes) is 1. The molecule has 0 spiro atoms. The third-order valence-corrected chi connectivity index (χ3v) is 9.78. The van der Waals surface area contributed by atoms with Crippen molar-refractivity contribution in [1.82, 2.24) is 0 Å². The number of fused-ring (bicyclic) bond motifs is 5. The van der Waals surface area contributed by atoms with Crippen molar-refractivity contribution < 1.29 is 33.7 Å². The van der Waals surface area contributed by atoms with Crippen LogP contribution in [0.5, 0.6) is 0 Å². The van der Waals surface area contributed by atoms with Gasteiger partial charge in [0.25, 0.3) is 0 Å². The monoisotopic (exact) mass is 476 g/mol. The maximum atomic E-state index is 17.8. The molecule has 0 amide bonds. The molecule has 4 aliphatic rings. The second-order valence-electron chi connectivity index (χ2n) is 11.3. The zero-order chi connectivity index (χ0) is 25.1. The number of carbonyl (C=O) groups is 3. The van der Waals surface area contributed by atoms with Crippen LogP contribution in [-0.4, -0.2) is 51.7 Å². The molecule has 0 radical (unpaired) electrons. The molecule has 0 heterocycles. The summed E-state index contributed by atoms with van der Waals surface area (Å²) in [5, 5.41) is 21.4. The minimum absolute atomic E-state index is 0.0280. The summed E-state index contributed by atoms with van der Waals surface area (Å²) < 4.78 is 23.7. The van der Waals surface area contributed by atoms with Crippen LogP contribution in [0, 0.1) is 28.6 Å². The lowest BCUT2D eigenvalue weighted by Crippen LogP contribution is -2.70. The average molecular weight is 477 g/mol. The number of alkyl halides is 1. The van der Waals surface area contributed by atoms with Gasteiger partial charge in [-0.25, -0.2) is 4.39 Å². The highest BCUT2D eigenvalue weighted by molar-refractivity contribution is 6.01. The Labute approximate surface area is 200 Å². The second-order valence-corrected chi connectivity index (χ2v) is 11.3. The Hall–Kier alpha value is -1.86. The van der Waals surface area contributed by atoms with E-state index in [1.165, 1.54) is 12.2 Å². The fourth-order valence-corrected chi connectivity index (χ4v) is 7.89. The molecule has 0 aliphatic heterocycles. The Balaban J connectivity index is 1.84. The number of halogens is 1. The Morgan fingerprint density at radius 3 is 2.62 bits per heavy atom. The van der Waals surface area contributed by atoms with Crippen LogP contribution in [-0.2, 0) is 19.1 Å². The summed E-state index contributed by atoms with van der Waals surface area (Å²) >= 11 is 0. The largest absolute Gasteiger partial charge is 0.459 e. The smallest absolute Gasteiger partial charge is 0.306 e. The van der Waals surface area contributed by atoms with E-state index in [4.69, 9.17) is 4.74 Å². The minimum Gasteiger partial charge on any atom is -0.459 e. The van der Waals surface area contributed by atoms with Crippen LogP contribution in [0.1, 0.15) is 72.6 Å².